The van der Waals surface area contributed by atoms with E-state index in [9.17, 15) is 14.7 Å². The summed E-state index contributed by atoms with van der Waals surface area (Å²) in [4.78, 5) is 27.8. The molecule has 6 nitrogen and oxygen atoms in total. The van der Waals surface area contributed by atoms with Crippen molar-refractivity contribution in [2.75, 3.05) is 26.2 Å². The summed E-state index contributed by atoms with van der Waals surface area (Å²) in [5, 5.41) is 9.37. The van der Waals surface area contributed by atoms with E-state index >= 15 is 0 Å². The van der Waals surface area contributed by atoms with Crippen molar-refractivity contribution < 1.29 is 19.1 Å². The fraction of sp³-hybridized carbons (Fsp3) is 0.333. The Balaban J connectivity index is 1.71. The molecule has 0 spiro atoms. The summed E-state index contributed by atoms with van der Waals surface area (Å²) in [5.41, 5.74) is 1.70. The fourth-order valence-corrected chi connectivity index (χ4v) is 2.86. The minimum Gasteiger partial charge on any atom is -0.459 e. The summed E-state index contributed by atoms with van der Waals surface area (Å²) in [6.07, 6.45) is 0.505. The topological polar surface area (TPSA) is 74.0 Å². The van der Waals surface area contributed by atoms with Gasteiger partial charge in [-0.05, 0) is 18.6 Å². The van der Waals surface area contributed by atoms with Crippen molar-refractivity contribution in [1.29, 1.82) is 0 Å². The Morgan fingerprint density at radius 2 is 1.67 bits per heavy atom. The van der Waals surface area contributed by atoms with Crippen LogP contribution in [0.2, 0.25) is 0 Å². The number of rotatable bonds is 3. The number of carbonyl (C=O) groups is 2. The molecule has 126 valence electrons. The number of hydrogen-bond acceptors (Lipinski definition) is 4. The van der Waals surface area contributed by atoms with Gasteiger partial charge in [-0.25, -0.2) is 0 Å². The van der Waals surface area contributed by atoms with Crippen LogP contribution in [0.25, 0.3) is 11.1 Å². The van der Waals surface area contributed by atoms with Gasteiger partial charge in [0.2, 0.25) is 0 Å². The van der Waals surface area contributed by atoms with Gasteiger partial charge < -0.3 is 19.3 Å². The van der Waals surface area contributed by atoms with Crippen LogP contribution < -0.4 is 0 Å². The Morgan fingerprint density at radius 3 is 2.29 bits per heavy atom. The second-order valence-corrected chi connectivity index (χ2v) is 5.82. The van der Waals surface area contributed by atoms with Crippen LogP contribution in [0.5, 0.6) is 0 Å². The maximum Gasteiger partial charge on any atom is 0.290 e. The molecule has 1 saturated heterocycles. The van der Waals surface area contributed by atoms with Gasteiger partial charge in [0.1, 0.15) is 6.10 Å². The summed E-state index contributed by atoms with van der Waals surface area (Å²) < 4.78 is 5.43. The third-order valence-electron chi connectivity index (χ3n) is 4.18. The van der Waals surface area contributed by atoms with E-state index in [0.717, 1.165) is 11.1 Å². The van der Waals surface area contributed by atoms with Crippen molar-refractivity contribution in [3.05, 3.63) is 48.4 Å². The number of nitrogens with zero attached hydrogens (tertiary/aromatic N) is 2. The number of benzene rings is 1. The number of amides is 2. The SMILES string of the molecule is CC(O)C(=O)N1CCN(C(=O)c2occc2-c2ccccc2)CC1. The van der Waals surface area contributed by atoms with Crippen LogP contribution in [0.15, 0.2) is 47.1 Å². The molecule has 1 fully saturated rings. The molecular formula is C18H20N2O4. The predicted molar refractivity (Wildman–Crippen MR) is 88.3 cm³/mol. The highest BCUT2D eigenvalue weighted by atomic mass is 16.3. The van der Waals surface area contributed by atoms with Crippen molar-refractivity contribution in [2.45, 2.75) is 13.0 Å². The molecule has 2 aromatic rings. The summed E-state index contributed by atoms with van der Waals surface area (Å²) >= 11 is 0. The fourth-order valence-electron chi connectivity index (χ4n) is 2.86. The Labute approximate surface area is 140 Å². The first-order chi connectivity index (χ1) is 11.6. The smallest absolute Gasteiger partial charge is 0.290 e. The third kappa shape index (κ3) is 3.19. The van der Waals surface area contributed by atoms with Crippen LogP contribution in [0, 0.1) is 0 Å². The molecule has 0 bridgehead atoms. The van der Waals surface area contributed by atoms with Crippen molar-refractivity contribution in [1.82, 2.24) is 9.80 Å². The van der Waals surface area contributed by atoms with Gasteiger partial charge in [0.15, 0.2) is 5.76 Å². The molecule has 1 atom stereocenters. The highest BCUT2D eigenvalue weighted by molar-refractivity contribution is 5.98. The van der Waals surface area contributed by atoms with Gasteiger partial charge in [-0.1, -0.05) is 30.3 Å². The molecule has 1 aromatic heterocycles. The predicted octanol–water partition coefficient (Wildman–Crippen LogP) is 1.61. The number of piperazine rings is 1. The van der Waals surface area contributed by atoms with E-state index < -0.39 is 6.10 Å². The lowest BCUT2D eigenvalue weighted by Gasteiger charge is -2.35. The largest absolute Gasteiger partial charge is 0.459 e. The van der Waals surface area contributed by atoms with E-state index in [0.29, 0.717) is 31.9 Å². The highest BCUT2D eigenvalue weighted by Gasteiger charge is 2.29. The van der Waals surface area contributed by atoms with Gasteiger partial charge in [-0.2, -0.15) is 0 Å². The van der Waals surface area contributed by atoms with E-state index in [2.05, 4.69) is 0 Å². The second kappa shape index (κ2) is 6.88. The van der Waals surface area contributed by atoms with Crippen LogP contribution in [0.4, 0.5) is 0 Å². The zero-order valence-electron chi connectivity index (χ0n) is 13.5. The van der Waals surface area contributed by atoms with E-state index in [1.807, 2.05) is 30.3 Å². The lowest BCUT2D eigenvalue weighted by molar-refractivity contribution is -0.140. The zero-order valence-corrected chi connectivity index (χ0v) is 13.5. The number of furan rings is 1. The first-order valence-corrected chi connectivity index (χ1v) is 7.97. The van der Waals surface area contributed by atoms with Crippen LogP contribution in [0.1, 0.15) is 17.5 Å². The van der Waals surface area contributed by atoms with Crippen LogP contribution >= 0.6 is 0 Å². The maximum absolute atomic E-state index is 12.7. The summed E-state index contributed by atoms with van der Waals surface area (Å²) in [6, 6.07) is 11.4. The van der Waals surface area contributed by atoms with Crippen molar-refractivity contribution in [3.63, 3.8) is 0 Å². The van der Waals surface area contributed by atoms with Gasteiger partial charge in [0, 0.05) is 31.7 Å². The monoisotopic (exact) mass is 328 g/mol. The molecule has 2 amide bonds. The number of aliphatic hydroxyl groups excluding tert-OH is 1. The lowest BCUT2D eigenvalue weighted by Crippen LogP contribution is -2.52. The Morgan fingerprint density at radius 1 is 1.04 bits per heavy atom. The molecular weight excluding hydrogens is 308 g/mol. The highest BCUT2D eigenvalue weighted by Crippen LogP contribution is 2.26. The first-order valence-electron chi connectivity index (χ1n) is 7.97. The molecule has 0 saturated carbocycles. The number of hydrogen-bond donors (Lipinski definition) is 1. The van der Waals surface area contributed by atoms with Crippen molar-refractivity contribution in [2.24, 2.45) is 0 Å². The number of aliphatic hydroxyl groups is 1. The number of carbonyl (C=O) groups excluding carboxylic acids is 2. The molecule has 3 rings (SSSR count). The molecule has 0 radical (unpaired) electrons. The average molecular weight is 328 g/mol. The second-order valence-electron chi connectivity index (χ2n) is 5.82. The van der Waals surface area contributed by atoms with E-state index in [4.69, 9.17) is 4.42 Å². The third-order valence-corrected chi connectivity index (χ3v) is 4.18. The van der Waals surface area contributed by atoms with Gasteiger partial charge >= 0.3 is 0 Å². The minimum atomic E-state index is -1.01. The van der Waals surface area contributed by atoms with Gasteiger partial charge in [0.05, 0.1) is 6.26 Å². The van der Waals surface area contributed by atoms with Crippen LogP contribution in [0.3, 0.4) is 0 Å². The first kappa shape index (κ1) is 16.3. The van der Waals surface area contributed by atoms with E-state index in [-0.39, 0.29) is 11.8 Å². The molecule has 1 aliphatic rings. The summed E-state index contributed by atoms with van der Waals surface area (Å²) in [5.74, 6) is -0.162. The summed E-state index contributed by atoms with van der Waals surface area (Å²) in [6.45, 7) is 3.13. The maximum atomic E-state index is 12.7. The Bertz CT molecular complexity index is 716. The standard InChI is InChI=1S/C18H20N2O4/c1-13(21)17(22)19-8-10-20(11-9-19)18(23)16-15(7-12-24-16)14-5-3-2-4-6-14/h2-7,12-13,21H,8-11H2,1H3. The molecule has 1 unspecified atom stereocenters. The zero-order chi connectivity index (χ0) is 17.1. The lowest BCUT2D eigenvalue weighted by atomic mass is 10.1. The normalized spacial score (nSPS) is 16.1. The molecule has 2 heterocycles. The van der Waals surface area contributed by atoms with E-state index in [1.54, 1.807) is 15.9 Å². The molecule has 6 heteroatoms. The molecule has 1 aromatic carbocycles. The average Bonchev–Trinajstić information content (AvgIpc) is 3.11. The summed E-state index contributed by atoms with van der Waals surface area (Å²) in [7, 11) is 0. The van der Waals surface area contributed by atoms with Crippen molar-refractivity contribution >= 4 is 11.8 Å². The van der Waals surface area contributed by atoms with E-state index in [1.165, 1.54) is 13.2 Å². The van der Waals surface area contributed by atoms with Gasteiger partial charge in [-0.15, -0.1) is 0 Å². The molecule has 1 aliphatic heterocycles. The Kier molecular flexibility index (Phi) is 4.66. The van der Waals surface area contributed by atoms with Crippen molar-refractivity contribution in [3.8, 4) is 11.1 Å². The van der Waals surface area contributed by atoms with Crippen LogP contribution in [-0.2, 0) is 4.79 Å². The van der Waals surface area contributed by atoms with Gasteiger partial charge in [-0.3, -0.25) is 9.59 Å². The Hall–Kier alpha value is -2.60. The van der Waals surface area contributed by atoms with Gasteiger partial charge in [0.25, 0.3) is 11.8 Å². The minimum absolute atomic E-state index is 0.178. The molecule has 0 aliphatic carbocycles. The molecule has 24 heavy (non-hydrogen) atoms. The quantitative estimate of drug-likeness (QED) is 0.929. The molecule has 1 N–H and O–H groups in total. The van der Waals surface area contributed by atoms with Crippen LogP contribution in [-0.4, -0.2) is 59.0 Å².